The van der Waals surface area contributed by atoms with Gasteiger partial charge in [-0.25, -0.2) is 5.43 Å². The van der Waals surface area contributed by atoms with Crippen LogP contribution in [0.25, 0.3) is 0 Å². The van der Waals surface area contributed by atoms with Gasteiger partial charge in [0.15, 0.2) is 11.5 Å². The molecule has 1 aliphatic rings. The molecule has 0 aliphatic carbocycles. The number of benzene rings is 3. The summed E-state index contributed by atoms with van der Waals surface area (Å²) in [5.41, 5.74) is 6.03. The topological polar surface area (TPSA) is 80.2 Å². The molecule has 1 N–H and O–H groups in total. The van der Waals surface area contributed by atoms with Gasteiger partial charge in [-0.1, -0.05) is 50.1 Å². The van der Waals surface area contributed by atoms with Crippen molar-refractivity contribution in [2.75, 3.05) is 18.1 Å². The second-order valence-electron chi connectivity index (χ2n) is 8.96. The Morgan fingerprint density at radius 2 is 1.79 bits per heavy atom. The van der Waals surface area contributed by atoms with Crippen LogP contribution in [0.2, 0.25) is 0 Å². The van der Waals surface area contributed by atoms with Crippen molar-refractivity contribution < 1.29 is 19.1 Å². The number of nitrogens with zero attached hydrogens (tertiary/aromatic N) is 2. The summed E-state index contributed by atoms with van der Waals surface area (Å²) in [6.07, 6.45) is 4.07. The van der Waals surface area contributed by atoms with Crippen molar-refractivity contribution in [2.45, 2.75) is 26.4 Å². The quantitative estimate of drug-likeness (QED) is 0.147. The van der Waals surface area contributed by atoms with Crippen molar-refractivity contribution in [3.05, 3.63) is 99.0 Å². The van der Waals surface area contributed by atoms with Crippen LogP contribution in [0.4, 0.5) is 5.69 Å². The van der Waals surface area contributed by atoms with E-state index in [1.54, 1.807) is 17.2 Å². The summed E-state index contributed by atoms with van der Waals surface area (Å²) >= 11 is 6.85. The zero-order valence-electron chi connectivity index (χ0n) is 21.5. The fourth-order valence-corrected chi connectivity index (χ4v) is 4.77. The number of hydrogen-bond acceptors (Lipinski definition) is 5. The molecule has 0 unspecified atom stereocenters. The van der Waals surface area contributed by atoms with E-state index in [0.29, 0.717) is 37.7 Å². The molecular formula is C30H29Br2N3O4. The SMILES string of the molecule is C=CCc1cc(/C=N\NC(=O)[C@H]2CC(=O)N(c3ccc(Br)cc3)C2)cc(OCC)c1OCc1ccc(Br)cc1. The van der Waals surface area contributed by atoms with E-state index in [1.807, 2.05) is 67.6 Å². The maximum Gasteiger partial charge on any atom is 0.245 e. The highest BCUT2D eigenvalue weighted by atomic mass is 79.9. The molecule has 1 fully saturated rings. The molecule has 0 spiro atoms. The van der Waals surface area contributed by atoms with Crippen LogP contribution in [-0.2, 0) is 22.6 Å². The standard InChI is InChI=1S/C30H29Br2N3O4/c1-3-5-22-14-21(15-27(38-4-2)29(22)39-19-20-6-8-24(31)9-7-20)17-33-34-30(37)23-16-28(36)35(18-23)26-12-10-25(32)11-13-26/h3,6-15,17,23H,1,4-5,16,18-19H2,2H3,(H,34,37)/b33-17-/t23-/m0/s1. The van der Waals surface area contributed by atoms with Gasteiger partial charge in [0.2, 0.25) is 11.8 Å². The van der Waals surface area contributed by atoms with Gasteiger partial charge in [0.1, 0.15) is 6.61 Å². The third-order valence-electron chi connectivity index (χ3n) is 6.14. The van der Waals surface area contributed by atoms with Gasteiger partial charge in [-0.3, -0.25) is 9.59 Å². The van der Waals surface area contributed by atoms with Crippen molar-refractivity contribution in [1.29, 1.82) is 0 Å². The number of nitrogens with one attached hydrogen (secondary N) is 1. The summed E-state index contributed by atoms with van der Waals surface area (Å²) in [7, 11) is 0. The van der Waals surface area contributed by atoms with Crippen LogP contribution in [0.5, 0.6) is 11.5 Å². The first-order valence-corrected chi connectivity index (χ1v) is 14.1. The van der Waals surface area contributed by atoms with E-state index in [0.717, 1.165) is 31.3 Å². The smallest absolute Gasteiger partial charge is 0.245 e. The molecule has 4 rings (SSSR count). The minimum absolute atomic E-state index is 0.0874. The molecule has 1 aliphatic heterocycles. The Morgan fingerprint density at radius 1 is 1.10 bits per heavy atom. The second kappa shape index (κ2) is 13.6. The van der Waals surface area contributed by atoms with Gasteiger partial charge in [-0.2, -0.15) is 5.10 Å². The summed E-state index contributed by atoms with van der Waals surface area (Å²) in [4.78, 5) is 26.9. The Bertz CT molecular complexity index is 1360. The lowest BCUT2D eigenvalue weighted by atomic mass is 10.1. The Hall–Kier alpha value is -3.43. The molecule has 39 heavy (non-hydrogen) atoms. The van der Waals surface area contributed by atoms with E-state index in [2.05, 4.69) is 49.0 Å². The van der Waals surface area contributed by atoms with Crippen molar-refractivity contribution >= 4 is 55.6 Å². The number of amides is 2. The maximum absolute atomic E-state index is 12.8. The molecule has 0 radical (unpaired) electrons. The maximum atomic E-state index is 12.8. The minimum atomic E-state index is -0.483. The molecule has 9 heteroatoms. The van der Waals surface area contributed by atoms with Crippen LogP contribution in [0.1, 0.15) is 30.0 Å². The van der Waals surface area contributed by atoms with E-state index in [-0.39, 0.29) is 18.2 Å². The first-order chi connectivity index (χ1) is 18.9. The molecule has 202 valence electrons. The van der Waals surface area contributed by atoms with E-state index in [1.165, 1.54) is 0 Å². The lowest BCUT2D eigenvalue weighted by Crippen LogP contribution is -2.30. The first kappa shape index (κ1) is 28.6. The zero-order valence-corrected chi connectivity index (χ0v) is 24.7. The van der Waals surface area contributed by atoms with Gasteiger partial charge < -0.3 is 14.4 Å². The molecule has 0 saturated carbocycles. The highest BCUT2D eigenvalue weighted by Crippen LogP contribution is 2.34. The van der Waals surface area contributed by atoms with Gasteiger partial charge >= 0.3 is 0 Å². The number of hydrazone groups is 1. The van der Waals surface area contributed by atoms with Crippen molar-refractivity contribution in [1.82, 2.24) is 5.43 Å². The van der Waals surface area contributed by atoms with Crippen LogP contribution in [0.3, 0.4) is 0 Å². The summed E-state index contributed by atoms with van der Waals surface area (Å²) in [6.45, 7) is 6.94. The Morgan fingerprint density at radius 3 is 2.46 bits per heavy atom. The van der Waals surface area contributed by atoms with Crippen LogP contribution in [0.15, 0.2) is 87.4 Å². The number of ether oxygens (including phenoxy) is 2. The zero-order chi connectivity index (χ0) is 27.8. The van der Waals surface area contributed by atoms with Crippen LogP contribution in [-0.4, -0.2) is 31.2 Å². The Balaban J connectivity index is 1.44. The number of rotatable bonds is 11. The Labute approximate surface area is 245 Å². The molecule has 0 bridgehead atoms. The molecule has 2 amide bonds. The Kier molecular flexibility index (Phi) is 9.95. The fourth-order valence-electron chi connectivity index (χ4n) is 4.24. The monoisotopic (exact) mass is 653 g/mol. The summed E-state index contributed by atoms with van der Waals surface area (Å²) in [5, 5.41) is 4.17. The van der Waals surface area contributed by atoms with Gasteiger partial charge in [-0.15, -0.1) is 6.58 Å². The summed E-state index contributed by atoms with van der Waals surface area (Å²) in [5.74, 6) is 0.371. The van der Waals surface area contributed by atoms with Crippen molar-refractivity contribution in [3.8, 4) is 11.5 Å². The third-order valence-corrected chi connectivity index (χ3v) is 7.19. The molecule has 7 nitrogen and oxygen atoms in total. The average molecular weight is 655 g/mol. The number of hydrogen-bond donors (Lipinski definition) is 1. The predicted octanol–water partition coefficient (Wildman–Crippen LogP) is 6.42. The third kappa shape index (κ3) is 7.58. The normalized spacial score (nSPS) is 15.0. The lowest BCUT2D eigenvalue weighted by Gasteiger charge is -2.17. The highest BCUT2D eigenvalue weighted by molar-refractivity contribution is 9.10. The van der Waals surface area contributed by atoms with E-state index < -0.39 is 5.92 Å². The number of halogens is 2. The van der Waals surface area contributed by atoms with Crippen molar-refractivity contribution in [2.24, 2.45) is 11.0 Å². The lowest BCUT2D eigenvalue weighted by molar-refractivity contribution is -0.126. The number of anilines is 1. The second-order valence-corrected chi connectivity index (χ2v) is 10.8. The summed E-state index contributed by atoms with van der Waals surface area (Å²) in [6, 6.07) is 19.1. The van der Waals surface area contributed by atoms with Crippen molar-refractivity contribution in [3.63, 3.8) is 0 Å². The first-order valence-electron chi connectivity index (χ1n) is 12.5. The van der Waals surface area contributed by atoms with E-state index in [9.17, 15) is 9.59 Å². The van der Waals surface area contributed by atoms with Gasteiger partial charge in [0, 0.05) is 33.2 Å². The minimum Gasteiger partial charge on any atom is -0.490 e. The molecule has 0 aromatic heterocycles. The molecule has 1 saturated heterocycles. The fraction of sp³-hybridized carbons (Fsp3) is 0.233. The molecular weight excluding hydrogens is 626 g/mol. The van der Waals surface area contributed by atoms with Crippen LogP contribution in [0, 0.1) is 5.92 Å². The van der Waals surface area contributed by atoms with Crippen LogP contribution < -0.4 is 19.8 Å². The van der Waals surface area contributed by atoms with E-state index in [4.69, 9.17) is 9.47 Å². The average Bonchev–Trinajstić information content (AvgIpc) is 3.31. The van der Waals surface area contributed by atoms with Gasteiger partial charge in [-0.05, 0) is 73.0 Å². The summed E-state index contributed by atoms with van der Waals surface area (Å²) < 4.78 is 14.0. The largest absolute Gasteiger partial charge is 0.490 e. The van der Waals surface area contributed by atoms with Crippen LogP contribution >= 0.6 is 31.9 Å². The highest BCUT2D eigenvalue weighted by Gasteiger charge is 2.35. The molecule has 1 heterocycles. The van der Waals surface area contributed by atoms with E-state index >= 15 is 0 Å². The molecule has 3 aromatic carbocycles. The predicted molar refractivity (Wildman–Crippen MR) is 160 cm³/mol. The molecule has 1 atom stereocenters. The number of carbonyl (C=O) groups is 2. The number of carbonyl (C=O) groups excluding carboxylic acids is 2. The number of allylic oxidation sites excluding steroid dienone is 1. The van der Waals surface area contributed by atoms with Gasteiger partial charge in [0.25, 0.3) is 0 Å². The van der Waals surface area contributed by atoms with Gasteiger partial charge in [0.05, 0.1) is 18.7 Å². The molecule has 3 aromatic rings.